The molecule has 1 rings (SSSR count). The summed E-state index contributed by atoms with van der Waals surface area (Å²) in [6.45, 7) is 4.48. The monoisotopic (exact) mass is 280 g/mol. The van der Waals surface area contributed by atoms with Gasteiger partial charge in [0.1, 0.15) is 0 Å². The lowest BCUT2D eigenvalue weighted by Crippen LogP contribution is -2.30. The van der Waals surface area contributed by atoms with Crippen molar-refractivity contribution >= 4 is 5.91 Å². The molecule has 0 radical (unpaired) electrons. The van der Waals surface area contributed by atoms with E-state index in [1.54, 1.807) is 0 Å². The molecule has 1 aromatic carbocycles. The van der Waals surface area contributed by atoms with Crippen LogP contribution in [0.4, 0.5) is 0 Å². The second-order valence-corrected chi connectivity index (χ2v) is 4.29. The van der Waals surface area contributed by atoms with Crippen LogP contribution in [0.1, 0.15) is 19.8 Å². The van der Waals surface area contributed by atoms with Crippen molar-refractivity contribution in [3.63, 3.8) is 0 Å². The number of benzene rings is 1. The molecule has 0 saturated carbocycles. The molecule has 1 aromatic rings. The van der Waals surface area contributed by atoms with E-state index in [1.807, 2.05) is 38.2 Å². The molecule has 0 bridgehead atoms. The Morgan fingerprint density at radius 1 is 1.15 bits per heavy atom. The van der Waals surface area contributed by atoms with E-state index in [0.717, 1.165) is 18.0 Å². The van der Waals surface area contributed by atoms with Gasteiger partial charge in [-0.1, -0.05) is 12.1 Å². The van der Waals surface area contributed by atoms with Gasteiger partial charge in [-0.15, -0.1) is 0 Å². The van der Waals surface area contributed by atoms with Crippen LogP contribution in [-0.2, 0) is 4.79 Å². The van der Waals surface area contributed by atoms with Crippen LogP contribution in [0.25, 0.3) is 0 Å². The number of likely N-dealkylation sites (N-methyl/N-ethyl adjacent to an activating group) is 1. The zero-order chi connectivity index (χ0) is 14.6. The molecule has 0 aromatic heterocycles. The summed E-state index contributed by atoms with van der Waals surface area (Å²) < 4.78 is 11.1. The van der Waals surface area contributed by atoms with E-state index in [4.69, 9.17) is 9.47 Å². The van der Waals surface area contributed by atoms with Crippen LogP contribution in [-0.4, -0.2) is 39.3 Å². The number of hydrogen-bond donors (Lipinski definition) is 2. The maximum atomic E-state index is 11.5. The van der Waals surface area contributed by atoms with Crippen molar-refractivity contribution in [1.82, 2.24) is 10.6 Å². The number of para-hydroxylation sites is 2. The van der Waals surface area contributed by atoms with Gasteiger partial charge in [0, 0.05) is 19.5 Å². The Hall–Kier alpha value is -1.75. The first-order valence-corrected chi connectivity index (χ1v) is 7.03. The topological polar surface area (TPSA) is 59.6 Å². The Morgan fingerprint density at radius 2 is 1.85 bits per heavy atom. The zero-order valence-corrected chi connectivity index (χ0v) is 12.3. The van der Waals surface area contributed by atoms with Crippen LogP contribution in [0, 0.1) is 0 Å². The van der Waals surface area contributed by atoms with Gasteiger partial charge in [-0.05, 0) is 32.5 Å². The van der Waals surface area contributed by atoms with Crippen LogP contribution in [0.15, 0.2) is 24.3 Å². The number of amides is 1. The van der Waals surface area contributed by atoms with Crippen LogP contribution in [0.3, 0.4) is 0 Å². The normalized spacial score (nSPS) is 10.1. The van der Waals surface area contributed by atoms with Crippen LogP contribution >= 0.6 is 0 Å². The molecule has 0 spiro atoms. The summed E-state index contributed by atoms with van der Waals surface area (Å²) in [6, 6.07) is 7.57. The standard InChI is InChI=1S/C15H24N2O3/c1-3-19-13-7-4-5-8-14(13)20-12-6-9-15(18)17-11-10-16-2/h4-5,7-8,16H,3,6,9-12H2,1-2H3,(H,17,18). The van der Waals surface area contributed by atoms with Gasteiger partial charge in [-0.2, -0.15) is 0 Å². The molecule has 1 amide bonds. The first-order valence-electron chi connectivity index (χ1n) is 7.03. The summed E-state index contributed by atoms with van der Waals surface area (Å²) in [5.74, 6) is 1.53. The van der Waals surface area contributed by atoms with Gasteiger partial charge in [0.15, 0.2) is 11.5 Å². The molecular weight excluding hydrogens is 256 g/mol. The molecule has 112 valence electrons. The predicted octanol–water partition coefficient (Wildman–Crippen LogP) is 1.58. The third-order valence-electron chi connectivity index (χ3n) is 2.65. The van der Waals surface area contributed by atoms with Crippen molar-refractivity contribution in [2.24, 2.45) is 0 Å². The molecule has 5 nitrogen and oxygen atoms in total. The SMILES string of the molecule is CCOc1ccccc1OCCCC(=O)NCCNC. The van der Waals surface area contributed by atoms with Crippen LogP contribution in [0.5, 0.6) is 11.5 Å². The predicted molar refractivity (Wildman–Crippen MR) is 79.3 cm³/mol. The minimum Gasteiger partial charge on any atom is -0.490 e. The van der Waals surface area contributed by atoms with E-state index in [-0.39, 0.29) is 5.91 Å². The maximum absolute atomic E-state index is 11.5. The third-order valence-corrected chi connectivity index (χ3v) is 2.65. The molecule has 0 heterocycles. The first kappa shape index (κ1) is 16.3. The van der Waals surface area contributed by atoms with E-state index in [2.05, 4.69) is 10.6 Å². The van der Waals surface area contributed by atoms with Gasteiger partial charge in [-0.25, -0.2) is 0 Å². The van der Waals surface area contributed by atoms with Crippen molar-refractivity contribution in [3.05, 3.63) is 24.3 Å². The largest absolute Gasteiger partial charge is 0.490 e. The van der Waals surface area contributed by atoms with E-state index in [9.17, 15) is 4.79 Å². The molecule has 2 N–H and O–H groups in total. The number of ether oxygens (including phenoxy) is 2. The number of carbonyl (C=O) groups excluding carboxylic acids is 1. The summed E-state index contributed by atoms with van der Waals surface area (Å²) in [7, 11) is 1.86. The number of nitrogens with one attached hydrogen (secondary N) is 2. The van der Waals surface area contributed by atoms with Gasteiger partial charge < -0.3 is 20.1 Å². The van der Waals surface area contributed by atoms with Gasteiger partial charge in [0.25, 0.3) is 0 Å². The summed E-state index contributed by atoms with van der Waals surface area (Å²) in [4.78, 5) is 11.5. The molecule has 0 aliphatic rings. The first-order chi connectivity index (χ1) is 9.77. The van der Waals surface area contributed by atoms with Crippen LogP contribution < -0.4 is 20.1 Å². The number of hydrogen-bond acceptors (Lipinski definition) is 4. The molecule has 0 saturated heterocycles. The number of rotatable bonds is 10. The van der Waals surface area contributed by atoms with Crippen molar-refractivity contribution < 1.29 is 14.3 Å². The Labute approximate surface area is 120 Å². The highest BCUT2D eigenvalue weighted by atomic mass is 16.5. The fourth-order valence-corrected chi connectivity index (χ4v) is 1.67. The lowest BCUT2D eigenvalue weighted by molar-refractivity contribution is -0.121. The summed E-state index contributed by atoms with van der Waals surface area (Å²) in [5.41, 5.74) is 0. The molecule has 0 aliphatic heterocycles. The molecule has 0 fully saturated rings. The third kappa shape index (κ3) is 6.43. The van der Waals surface area contributed by atoms with E-state index in [1.165, 1.54) is 0 Å². The van der Waals surface area contributed by atoms with E-state index >= 15 is 0 Å². The second-order valence-electron chi connectivity index (χ2n) is 4.29. The van der Waals surface area contributed by atoms with Crippen molar-refractivity contribution in [2.45, 2.75) is 19.8 Å². The maximum Gasteiger partial charge on any atom is 0.220 e. The number of carbonyl (C=O) groups is 1. The van der Waals surface area contributed by atoms with Crippen molar-refractivity contribution in [3.8, 4) is 11.5 Å². The lowest BCUT2D eigenvalue weighted by Gasteiger charge is -2.11. The molecule has 0 unspecified atom stereocenters. The average Bonchev–Trinajstić information content (AvgIpc) is 2.46. The fraction of sp³-hybridized carbons (Fsp3) is 0.533. The lowest BCUT2D eigenvalue weighted by atomic mass is 10.3. The van der Waals surface area contributed by atoms with E-state index in [0.29, 0.717) is 32.6 Å². The molecule has 5 heteroatoms. The molecule has 20 heavy (non-hydrogen) atoms. The molecule has 0 aliphatic carbocycles. The highest BCUT2D eigenvalue weighted by Crippen LogP contribution is 2.26. The highest BCUT2D eigenvalue weighted by molar-refractivity contribution is 5.75. The Kier molecular flexibility index (Phi) is 8.22. The van der Waals surface area contributed by atoms with Gasteiger partial charge in [-0.3, -0.25) is 4.79 Å². The van der Waals surface area contributed by atoms with Crippen molar-refractivity contribution in [1.29, 1.82) is 0 Å². The Balaban J connectivity index is 2.22. The summed E-state index contributed by atoms with van der Waals surface area (Å²) >= 11 is 0. The molecule has 0 atom stereocenters. The average molecular weight is 280 g/mol. The van der Waals surface area contributed by atoms with Crippen LogP contribution in [0.2, 0.25) is 0 Å². The minimum absolute atomic E-state index is 0.0574. The van der Waals surface area contributed by atoms with Gasteiger partial charge >= 0.3 is 0 Å². The second kappa shape index (κ2) is 10.1. The quantitative estimate of drug-likeness (QED) is 0.639. The van der Waals surface area contributed by atoms with E-state index < -0.39 is 0 Å². The summed E-state index contributed by atoms with van der Waals surface area (Å²) in [6.07, 6.45) is 1.16. The zero-order valence-electron chi connectivity index (χ0n) is 12.3. The smallest absolute Gasteiger partial charge is 0.220 e. The molecular formula is C15H24N2O3. The Morgan fingerprint density at radius 3 is 2.50 bits per heavy atom. The minimum atomic E-state index is 0.0574. The van der Waals surface area contributed by atoms with Gasteiger partial charge in [0.2, 0.25) is 5.91 Å². The summed E-state index contributed by atoms with van der Waals surface area (Å²) in [5, 5.41) is 5.81. The van der Waals surface area contributed by atoms with Crippen molar-refractivity contribution in [2.75, 3.05) is 33.4 Å². The highest BCUT2D eigenvalue weighted by Gasteiger charge is 2.04. The van der Waals surface area contributed by atoms with Gasteiger partial charge in [0.05, 0.1) is 13.2 Å². The Bertz CT molecular complexity index is 396. The fourth-order valence-electron chi connectivity index (χ4n) is 1.67.